The van der Waals surface area contributed by atoms with E-state index in [0.717, 1.165) is 12.8 Å². The first-order valence-electron chi connectivity index (χ1n) is 6.63. The topological polar surface area (TPSA) is 72.5 Å². The molecule has 20 heavy (non-hydrogen) atoms. The summed E-state index contributed by atoms with van der Waals surface area (Å²) in [5.74, 6) is -0.870. The zero-order valence-electron chi connectivity index (χ0n) is 11.3. The second-order valence-electron chi connectivity index (χ2n) is 4.82. The number of carbonyl (C=O) groups is 3. The number of ether oxygens (including phenoxy) is 1. The smallest absolute Gasteiger partial charge is 0.307 e. The van der Waals surface area contributed by atoms with Crippen LogP contribution in [0.4, 0.5) is 0 Å². The summed E-state index contributed by atoms with van der Waals surface area (Å²) in [5.41, 5.74) is 0. The Bertz CT molecular complexity index is 493. The zero-order valence-corrected chi connectivity index (χ0v) is 12.1. The van der Waals surface area contributed by atoms with E-state index in [0.29, 0.717) is 4.88 Å². The van der Waals surface area contributed by atoms with Crippen LogP contribution in [0.3, 0.4) is 0 Å². The third kappa shape index (κ3) is 4.45. The van der Waals surface area contributed by atoms with Gasteiger partial charge < -0.3 is 10.1 Å². The summed E-state index contributed by atoms with van der Waals surface area (Å²) < 4.78 is 5.01. The fourth-order valence-electron chi connectivity index (χ4n) is 1.63. The van der Waals surface area contributed by atoms with Crippen LogP contribution in [0.1, 0.15) is 42.3 Å². The van der Waals surface area contributed by atoms with Gasteiger partial charge in [-0.25, -0.2) is 0 Å². The molecular formula is C14H17NO4S. The number of nitrogens with one attached hydrogen (secondary N) is 1. The Morgan fingerprint density at radius 2 is 2.15 bits per heavy atom. The molecule has 1 heterocycles. The second-order valence-corrected chi connectivity index (χ2v) is 5.76. The minimum atomic E-state index is -0.806. The minimum absolute atomic E-state index is 0.00220. The van der Waals surface area contributed by atoms with E-state index in [2.05, 4.69) is 5.32 Å². The maximum Gasteiger partial charge on any atom is 0.307 e. The molecular weight excluding hydrogens is 278 g/mol. The molecule has 0 spiro atoms. The van der Waals surface area contributed by atoms with Crippen molar-refractivity contribution in [1.82, 2.24) is 5.32 Å². The van der Waals surface area contributed by atoms with Crippen molar-refractivity contribution in [1.29, 1.82) is 0 Å². The molecule has 2 rings (SSSR count). The first-order valence-corrected chi connectivity index (χ1v) is 7.51. The maximum atomic E-state index is 11.7. The van der Waals surface area contributed by atoms with Crippen LogP contribution in [-0.4, -0.2) is 29.8 Å². The van der Waals surface area contributed by atoms with Gasteiger partial charge in [0.1, 0.15) is 0 Å². The van der Waals surface area contributed by atoms with Gasteiger partial charge in [-0.05, 0) is 31.2 Å². The number of hydrogen-bond acceptors (Lipinski definition) is 5. The van der Waals surface area contributed by atoms with E-state index in [1.807, 2.05) is 5.38 Å². The van der Waals surface area contributed by atoms with E-state index in [-0.39, 0.29) is 30.6 Å². The molecule has 0 unspecified atom stereocenters. The van der Waals surface area contributed by atoms with Crippen molar-refractivity contribution in [2.45, 2.75) is 44.8 Å². The molecule has 0 aromatic carbocycles. The van der Waals surface area contributed by atoms with Crippen LogP contribution in [-0.2, 0) is 14.3 Å². The Labute approximate surface area is 121 Å². The number of amides is 1. The number of Topliss-reactive ketones (excluding diaryl/α,β-unsaturated/α-hetero) is 1. The van der Waals surface area contributed by atoms with E-state index >= 15 is 0 Å². The zero-order chi connectivity index (χ0) is 14.5. The average molecular weight is 295 g/mol. The van der Waals surface area contributed by atoms with E-state index in [1.165, 1.54) is 18.3 Å². The van der Waals surface area contributed by atoms with Crippen molar-refractivity contribution in [2.75, 3.05) is 0 Å². The molecule has 6 heteroatoms. The van der Waals surface area contributed by atoms with Gasteiger partial charge in [-0.1, -0.05) is 6.07 Å². The maximum absolute atomic E-state index is 11.7. The number of esters is 1. The third-order valence-electron chi connectivity index (χ3n) is 2.95. The second kappa shape index (κ2) is 6.65. The molecule has 1 saturated carbocycles. The van der Waals surface area contributed by atoms with Crippen LogP contribution in [0.15, 0.2) is 17.5 Å². The summed E-state index contributed by atoms with van der Waals surface area (Å²) in [6.45, 7) is 1.54. The molecule has 1 atom stereocenters. The lowest BCUT2D eigenvalue weighted by atomic mass is 10.2. The molecule has 108 valence electrons. The summed E-state index contributed by atoms with van der Waals surface area (Å²) in [6, 6.07) is 3.76. The summed E-state index contributed by atoms with van der Waals surface area (Å²) in [7, 11) is 0. The van der Waals surface area contributed by atoms with Gasteiger partial charge in [0.25, 0.3) is 5.91 Å². The molecule has 1 aromatic rings. The first kappa shape index (κ1) is 14.7. The molecule has 1 amide bonds. The fourth-order valence-corrected chi connectivity index (χ4v) is 2.33. The van der Waals surface area contributed by atoms with E-state index < -0.39 is 12.1 Å². The highest BCUT2D eigenvalue weighted by Gasteiger charge is 2.27. The Morgan fingerprint density at radius 1 is 1.40 bits per heavy atom. The number of carbonyl (C=O) groups excluding carboxylic acids is 3. The number of rotatable bonds is 7. The normalized spacial score (nSPS) is 15.4. The monoisotopic (exact) mass is 295 g/mol. The van der Waals surface area contributed by atoms with Gasteiger partial charge in [0.05, 0.1) is 11.3 Å². The van der Waals surface area contributed by atoms with Crippen molar-refractivity contribution in [3.05, 3.63) is 22.4 Å². The van der Waals surface area contributed by atoms with Gasteiger partial charge in [-0.3, -0.25) is 14.4 Å². The van der Waals surface area contributed by atoms with Crippen molar-refractivity contribution in [3.8, 4) is 0 Å². The van der Waals surface area contributed by atoms with Gasteiger partial charge in [0.15, 0.2) is 11.9 Å². The van der Waals surface area contributed by atoms with Crippen LogP contribution < -0.4 is 5.32 Å². The van der Waals surface area contributed by atoms with Crippen LogP contribution in [0.5, 0.6) is 0 Å². The van der Waals surface area contributed by atoms with Crippen LogP contribution in [0.2, 0.25) is 0 Å². The van der Waals surface area contributed by atoms with Crippen LogP contribution in [0.25, 0.3) is 0 Å². The fraction of sp³-hybridized carbons (Fsp3) is 0.500. The lowest BCUT2D eigenvalue weighted by Crippen LogP contribution is -2.37. The average Bonchev–Trinajstić information content (AvgIpc) is 3.06. The molecule has 0 bridgehead atoms. The van der Waals surface area contributed by atoms with Crippen molar-refractivity contribution < 1.29 is 19.1 Å². The molecule has 1 fully saturated rings. The third-order valence-corrected chi connectivity index (χ3v) is 3.86. The van der Waals surface area contributed by atoms with Gasteiger partial charge in [0, 0.05) is 12.5 Å². The van der Waals surface area contributed by atoms with E-state index in [4.69, 9.17) is 4.74 Å². The summed E-state index contributed by atoms with van der Waals surface area (Å²) in [5, 5.41) is 4.58. The quantitative estimate of drug-likeness (QED) is 0.616. The van der Waals surface area contributed by atoms with E-state index in [1.54, 1.807) is 12.1 Å². The number of thiophene rings is 1. The molecule has 5 nitrogen and oxygen atoms in total. The van der Waals surface area contributed by atoms with Crippen molar-refractivity contribution >= 4 is 29.0 Å². The highest BCUT2D eigenvalue weighted by atomic mass is 32.1. The first-order chi connectivity index (χ1) is 9.56. The van der Waals surface area contributed by atoms with Gasteiger partial charge >= 0.3 is 5.97 Å². The molecule has 0 aliphatic heterocycles. The number of hydrogen-bond donors (Lipinski definition) is 1. The summed E-state index contributed by atoms with van der Waals surface area (Å²) in [6.07, 6.45) is 1.28. The molecule has 1 aliphatic carbocycles. The lowest BCUT2D eigenvalue weighted by Gasteiger charge is -2.12. The molecule has 1 aromatic heterocycles. The summed E-state index contributed by atoms with van der Waals surface area (Å²) >= 11 is 1.35. The Kier molecular flexibility index (Phi) is 4.89. The van der Waals surface area contributed by atoms with Crippen LogP contribution in [0, 0.1) is 0 Å². The predicted octanol–water partition coefficient (Wildman–Crippen LogP) is 1.92. The molecule has 1 N–H and O–H groups in total. The molecule has 0 radical (unpaired) electrons. The number of ketones is 1. The Hall–Kier alpha value is -1.69. The SMILES string of the molecule is C[C@@H](OC(=O)CCC(=O)c1cccs1)C(=O)NC1CC1. The summed E-state index contributed by atoms with van der Waals surface area (Å²) in [4.78, 5) is 35.5. The predicted molar refractivity (Wildman–Crippen MR) is 74.6 cm³/mol. The molecule has 1 aliphatic rings. The van der Waals surface area contributed by atoms with Crippen molar-refractivity contribution in [3.63, 3.8) is 0 Å². The Balaban J connectivity index is 1.69. The molecule has 0 saturated heterocycles. The van der Waals surface area contributed by atoms with Gasteiger partial charge in [-0.15, -0.1) is 11.3 Å². The minimum Gasteiger partial charge on any atom is -0.453 e. The lowest BCUT2D eigenvalue weighted by molar-refractivity contribution is -0.154. The highest BCUT2D eigenvalue weighted by Crippen LogP contribution is 2.19. The van der Waals surface area contributed by atoms with Gasteiger partial charge in [-0.2, -0.15) is 0 Å². The Morgan fingerprint density at radius 3 is 2.75 bits per heavy atom. The standard InChI is InChI=1S/C14H17NO4S/c1-9(14(18)15-10-4-5-10)19-13(17)7-6-11(16)12-3-2-8-20-12/h2-3,8-10H,4-7H2,1H3,(H,15,18)/t9-/m1/s1. The largest absolute Gasteiger partial charge is 0.453 e. The van der Waals surface area contributed by atoms with E-state index in [9.17, 15) is 14.4 Å². The van der Waals surface area contributed by atoms with Crippen molar-refractivity contribution in [2.24, 2.45) is 0 Å². The van der Waals surface area contributed by atoms with Crippen LogP contribution >= 0.6 is 11.3 Å². The van der Waals surface area contributed by atoms with Gasteiger partial charge in [0.2, 0.25) is 0 Å². The highest BCUT2D eigenvalue weighted by molar-refractivity contribution is 7.12.